The van der Waals surface area contributed by atoms with E-state index in [1.165, 1.54) is 18.2 Å². The highest BCUT2D eigenvalue weighted by molar-refractivity contribution is 6.29. The van der Waals surface area contributed by atoms with Gasteiger partial charge in [-0.25, -0.2) is 4.98 Å². The van der Waals surface area contributed by atoms with Crippen molar-refractivity contribution in [2.75, 3.05) is 11.4 Å². The average Bonchev–Trinajstić information content (AvgIpc) is 3.14. The second-order valence-corrected chi connectivity index (χ2v) is 6.54. The van der Waals surface area contributed by atoms with Crippen LogP contribution in [-0.4, -0.2) is 27.9 Å². The SMILES string of the molecule is N#Cc1ccc(N(Cc2nnc(-c3cccc(Cl)n3)o2)CC(F)(F)F)cc1C(F)(F)F. The van der Waals surface area contributed by atoms with Crippen molar-refractivity contribution in [3.63, 3.8) is 0 Å². The summed E-state index contributed by atoms with van der Waals surface area (Å²) in [6.07, 6.45) is -9.68. The van der Waals surface area contributed by atoms with Crippen LogP contribution < -0.4 is 4.90 Å². The Kier molecular flexibility index (Phi) is 6.08. The van der Waals surface area contributed by atoms with Gasteiger partial charge in [0.25, 0.3) is 5.89 Å². The van der Waals surface area contributed by atoms with Crippen LogP contribution in [0.3, 0.4) is 0 Å². The van der Waals surface area contributed by atoms with E-state index in [-0.39, 0.29) is 22.6 Å². The van der Waals surface area contributed by atoms with Crippen molar-refractivity contribution in [2.24, 2.45) is 0 Å². The molecule has 0 saturated carbocycles. The molecule has 31 heavy (non-hydrogen) atoms. The Morgan fingerprint density at radius 2 is 1.81 bits per heavy atom. The summed E-state index contributed by atoms with van der Waals surface area (Å²) in [4.78, 5) is 4.51. The highest BCUT2D eigenvalue weighted by atomic mass is 35.5. The van der Waals surface area contributed by atoms with Crippen LogP contribution in [0.1, 0.15) is 17.0 Å². The third-order valence-corrected chi connectivity index (χ3v) is 4.10. The van der Waals surface area contributed by atoms with E-state index in [4.69, 9.17) is 21.3 Å². The molecule has 2 aromatic heterocycles. The number of halogens is 7. The summed E-state index contributed by atoms with van der Waals surface area (Å²) in [5.41, 5.74) is -2.32. The molecule has 0 bridgehead atoms. The molecule has 0 unspecified atom stereocenters. The van der Waals surface area contributed by atoms with Gasteiger partial charge in [0.05, 0.1) is 23.7 Å². The molecule has 0 fully saturated rings. The van der Waals surface area contributed by atoms with E-state index in [1.54, 1.807) is 6.07 Å². The third kappa shape index (κ3) is 5.64. The molecule has 0 atom stereocenters. The van der Waals surface area contributed by atoms with Gasteiger partial charge in [-0.2, -0.15) is 31.6 Å². The number of nitriles is 1. The van der Waals surface area contributed by atoms with Crippen molar-refractivity contribution in [1.82, 2.24) is 15.2 Å². The lowest BCUT2D eigenvalue weighted by molar-refractivity contribution is -0.137. The second kappa shape index (κ2) is 8.43. The molecule has 0 aliphatic rings. The molecule has 1 aromatic carbocycles. The summed E-state index contributed by atoms with van der Waals surface area (Å²) < 4.78 is 84.2. The lowest BCUT2D eigenvalue weighted by Crippen LogP contribution is -2.34. The second-order valence-electron chi connectivity index (χ2n) is 6.16. The number of hydrogen-bond donors (Lipinski definition) is 0. The van der Waals surface area contributed by atoms with Gasteiger partial charge in [0.1, 0.15) is 17.4 Å². The first-order valence-corrected chi connectivity index (χ1v) is 8.72. The molecule has 2 heterocycles. The fourth-order valence-corrected chi connectivity index (χ4v) is 2.79. The van der Waals surface area contributed by atoms with Crippen LogP contribution in [0.15, 0.2) is 40.8 Å². The number of rotatable bonds is 5. The van der Waals surface area contributed by atoms with Crippen molar-refractivity contribution in [3.05, 3.63) is 58.6 Å². The molecule has 0 radical (unpaired) electrons. The molecule has 6 nitrogen and oxygen atoms in total. The summed E-state index contributed by atoms with van der Waals surface area (Å²) in [6, 6.07) is 8.13. The number of anilines is 1. The quantitative estimate of drug-likeness (QED) is 0.382. The number of pyridine rings is 1. The molecule has 0 spiro atoms. The van der Waals surface area contributed by atoms with Gasteiger partial charge >= 0.3 is 12.4 Å². The van der Waals surface area contributed by atoms with Crippen molar-refractivity contribution in [1.29, 1.82) is 5.26 Å². The average molecular weight is 462 g/mol. The van der Waals surface area contributed by atoms with E-state index in [1.807, 2.05) is 0 Å². The predicted molar refractivity (Wildman–Crippen MR) is 95.8 cm³/mol. The Labute approximate surface area is 175 Å². The lowest BCUT2D eigenvalue weighted by Gasteiger charge is -2.25. The van der Waals surface area contributed by atoms with Crippen molar-refractivity contribution in [2.45, 2.75) is 18.9 Å². The summed E-state index contributed by atoms with van der Waals surface area (Å²) in [7, 11) is 0. The summed E-state index contributed by atoms with van der Waals surface area (Å²) in [5, 5.41) is 16.3. The molecular formula is C18H10ClF6N5O. The van der Waals surface area contributed by atoms with Gasteiger partial charge in [-0.05, 0) is 30.3 Å². The monoisotopic (exact) mass is 461 g/mol. The first kappa shape index (κ1) is 22.4. The third-order valence-electron chi connectivity index (χ3n) is 3.89. The summed E-state index contributed by atoms with van der Waals surface area (Å²) >= 11 is 5.77. The minimum absolute atomic E-state index is 0.119. The van der Waals surface area contributed by atoms with Gasteiger partial charge in [-0.3, -0.25) is 0 Å². The Morgan fingerprint density at radius 3 is 2.42 bits per heavy atom. The molecule has 0 aliphatic carbocycles. The van der Waals surface area contributed by atoms with Crippen molar-refractivity contribution >= 4 is 17.3 Å². The molecule has 0 N–H and O–H groups in total. The summed E-state index contributed by atoms with van der Waals surface area (Å²) in [5.74, 6) is -0.417. The van der Waals surface area contributed by atoms with Gasteiger partial charge < -0.3 is 9.32 Å². The minimum Gasteiger partial charge on any atom is -0.417 e. The van der Waals surface area contributed by atoms with Gasteiger partial charge in [0.2, 0.25) is 5.89 Å². The Morgan fingerprint density at radius 1 is 1.06 bits per heavy atom. The Balaban J connectivity index is 1.95. The van der Waals surface area contributed by atoms with E-state index in [0.717, 1.165) is 12.1 Å². The maximum atomic E-state index is 13.2. The highest BCUT2D eigenvalue weighted by Gasteiger charge is 2.36. The summed E-state index contributed by atoms with van der Waals surface area (Å²) in [6.45, 7) is -2.24. The van der Waals surface area contributed by atoms with E-state index in [2.05, 4.69) is 15.2 Å². The normalized spacial score (nSPS) is 11.9. The van der Waals surface area contributed by atoms with Crippen LogP contribution in [-0.2, 0) is 12.7 Å². The minimum atomic E-state index is -4.93. The van der Waals surface area contributed by atoms with Gasteiger partial charge in [-0.1, -0.05) is 17.7 Å². The number of alkyl halides is 6. The van der Waals surface area contributed by atoms with E-state index >= 15 is 0 Å². The molecule has 3 aromatic rings. The van der Waals surface area contributed by atoms with Crippen LogP contribution in [0.25, 0.3) is 11.6 Å². The zero-order valence-electron chi connectivity index (χ0n) is 15.2. The molecule has 0 amide bonds. The standard InChI is InChI=1S/C18H10ClF6N5O/c19-14-3-1-2-13(27-14)16-29-28-15(31-16)8-30(9-17(20,21)22)11-5-4-10(7-26)12(6-11)18(23,24)25/h1-6H,8-9H2. The molecular weight excluding hydrogens is 452 g/mol. The van der Waals surface area contributed by atoms with Crippen LogP contribution in [0.4, 0.5) is 32.0 Å². The van der Waals surface area contributed by atoms with Crippen LogP contribution in [0.2, 0.25) is 5.15 Å². The zero-order chi connectivity index (χ0) is 22.8. The molecule has 3 rings (SSSR count). The van der Waals surface area contributed by atoms with E-state index in [9.17, 15) is 26.3 Å². The van der Waals surface area contributed by atoms with Gasteiger partial charge in [-0.15, -0.1) is 10.2 Å². The maximum absolute atomic E-state index is 13.2. The number of hydrogen-bond acceptors (Lipinski definition) is 6. The highest BCUT2D eigenvalue weighted by Crippen LogP contribution is 2.35. The van der Waals surface area contributed by atoms with Crippen LogP contribution in [0, 0.1) is 11.3 Å². The van der Waals surface area contributed by atoms with E-state index in [0.29, 0.717) is 11.0 Å². The predicted octanol–water partition coefficient (Wildman–Crippen LogP) is 5.24. The fourth-order valence-electron chi connectivity index (χ4n) is 2.63. The fraction of sp³-hybridized carbons (Fsp3) is 0.222. The number of benzene rings is 1. The maximum Gasteiger partial charge on any atom is 0.417 e. The topological polar surface area (TPSA) is 78.8 Å². The van der Waals surface area contributed by atoms with Crippen molar-refractivity contribution in [3.8, 4) is 17.7 Å². The largest absolute Gasteiger partial charge is 0.417 e. The Hall–Kier alpha value is -3.33. The number of nitrogens with zero attached hydrogens (tertiary/aromatic N) is 5. The smallest absolute Gasteiger partial charge is 0.417 e. The van der Waals surface area contributed by atoms with Crippen LogP contribution >= 0.6 is 11.6 Å². The Bertz CT molecular complexity index is 1120. The van der Waals surface area contributed by atoms with Crippen LogP contribution in [0.5, 0.6) is 0 Å². The van der Waals surface area contributed by atoms with E-state index < -0.39 is 42.3 Å². The van der Waals surface area contributed by atoms with Gasteiger partial charge in [0, 0.05) is 5.69 Å². The molecule has 0 saturated heterocycles. The van der Waals surface area contributed by atoms with Crippen molar-refractivity contribution < 1.29 is 30.8 Å². The molecule has 13 heteroatoms. The zero-order valence-corrected chi connectivity index (χ0v) is 15.9. The molecule has 162 valence electrons. The number of aromatic nitrogens is 3. The van der Waals surface area contributed by atoms with Gasteiger partial charge in [0.15, 0.2) is 0 Å². The molecule has 0 aliphatic heterocycles. The first-order chi connectivity index (χ1) is 14.5. The lowest BCUT2D eigenvalue weighted by atomic mass is 10.1. The first-order valence-electron chi connectivity index (χ1n) is 8.34.